The first kappa shape index (κ1) is 49.0. The number of nitrogens with one attached hydrogen (secondary N) is 4. The van der Waals surface area contributed by atoms with Crippen LogP contribution in [0, 0.1) is 0 Å². The van der Waals surface area contributed by atoms with E-state index in [4.69, 9.17) is 29.0 Å². The first-order valence-corrected chi connectivity index (χ1v) is 19.9. The van der Waals surface area contributed by atoms with Crippen LogP contribution in [0.1, 0.15) is 62.8 Å². The van der Waals surface area contributed by atoms with Crippen molar-refractivity contribution < 1.29 is 46.3 Å². The smallest absolute Gasteiger partial charge is 0.328 e. The highest BCUT2D eigenvalue weighted by Crippen LogP contribution is 2.31. The van der Waals surface area contributed by atoms with E-state index in [2.05, 4.69) is 45.5 Å². The largest absolute Gasteiger partial charge is 0.394 e. The Bertz CT molecular complexity index is 1920. The summed E-state index contributed by atoms with van der Waals surface area (Å²) in [7, 11) is -4.67. The molecule has 2 atom stereocenters. The van der Waals surface area contributed by atoms with Crippen molar-refractivity contribution in [1.82, 2.24) is 21.3 Å². The third kappa shape index (κ3) is 15.3. The lowest BCUT2D eigenvalue weighted by Gasteiger charge is -2.33. The Kier molecular flexibility index (Phi) is 19.4. The third-order valence-electron chi connectivity index (χ3n) is 8.85. The van der Waals surface area contributed by atoms with Crippen LogP contribution in [0.5, 0.6) is 0 Å². The second kappa shape index (κ2) is 23.3. The van der Waals surface area contributed by atoms with E-state index in [9.17, 15) is 28.8 Å². The molecule has 16 nitrogen and oxygen atoms in total. The second-order valence-electron chi connectivity index (χ2n) is 13.5. The number of carbonyl (C=O) groups is 6. The summed E-state index contributed by atoms with van der Waals surface area (Å²) in [5.41, 5.74) is 12.4. The van der Waals surface area contributed by atoms with Gasteiger partial charge in [0.15, 0.2) is 10.8 Å². The molecule has 2 unspecified atom stereocenters. The fraction of sp³-hybridized carbons (Fsp3) is 0.286. The van der Waals surface area contributed by atoms with E-state index in [0.717, 1.165) is 12.8 Å². The molecule has 17 heteroatoms. The highest BCUT2D eigenvalue weighted by Gasteiger charge is 2.51. The standard InChI is InChI=1S/2C12H12N2O3.2C9H13N.H2O4S/c2*1-2-12(8-6-4-3-5-7-8)9(15)13-11(17)14-10(12)16;2*1-8(10)7-9-5-3-2-4-6-9;1-5(2,3)4/h2*3-7H,2H2,1H3,(H2,13,14,15,16,17);2*2-6,8H,7,10H2,1H3;(H2,1,2,3,4). The average Bonchev–Trinajstić information content (AvgIpc) is 3.16. The molecule has 2 aliphatic rings. The van der Waals surface area contributed by atoms with Gasteiger partial charge in [0.25, 0.3) is 0 Å². The number of amides is 8. The maximum Gasteiger partial charge on any atom is 0.394 e. The summed E-state index contributed by atoms with van der Waals surface area (Å²) in [6.07, 6.45) is 2.53. The van der Waals surface area contributed by atoms with Crippen molar-refractivity contribution in [2.45, 2.75) is 76.3 Å². The summed E-state index contributed by atoms with van der Waals surface area (Å²) in [4.78, 5) is 70.0. The molecule has 0 spiro atoms. The Balaban J connectivity index is 0.000000268. The van der Waals surface area contributed by atoms with Gasteiger partial charge in [-0.3, -0.25) is 49.6 Å². The van der Waals surface area contributed by atoms with Gasteiger partial charge in [-0.05, 0) is 61.8 Å². The molecule has 6 rings (SSSR count). The van der Waals surface area contributed by atoms with Gasteiger partial charge in [0.1, 0.15) is 0 Å². The SMILES string of the molecule is CC(N)Cc1ccccc1.CC(N)Cc1ccccc1.CCC1(c2ccccc2)C(=O)NC(=O)NC1=O.CCC1(c2ccccc2)C(=O)NC(=O)NC1=O.O=S(=O)(O)O. The predicted molar refractivity (Wildman–Crippen MR) is 222 cm³/mol. The number of urea groups is 2. The van der Waals surface area contributed by atoms with Crippen LogP contribution in [0.25, 0.3) is 0 Å². The number of hydrogen-bond acceptors (Lipinski definition) is 10. The monoisotopic (exact) mass is 832 g/mol. The number of nitrogens with two attached hydrogens (primary N) is 2. The van der Waals surface area contributed by atoms with Crippen molar-refractivity contribution in [3.63, 3.8) is 0 Å². The number of imide groups is 4. The molecular formula is C42H52N6O10S. The Labute approximate surface area is 344 Å². The first-order chi connectivity index (χ1) is 27.8. The molecule has 0 bridgehead atoms. The maximum absolute atomic E-state index is 12.0. The summed E-state index contributed by atoms with van der Waals surface area (Å²) >= 11 is 0. The molecule has 316 valence electrons. The van der Waals surface area contributed by atoms with Gasteiger partial charge in [0.2, 0.25) is 23.6 Å². The lowest BCUT2D eigenvalue weighted by molar-refractivity contribution is -0.140. The van der Waals surface area contributed by atoms with Gasteiger partial charge < -0.3 is 11.5 Å². The molecule has 59 heavy (non-hydrogen) atoms. The molecule has 0 saturated carbocycles. The highest BCUT2D eigenvalue weighted by atomic mass is 32.3. The van der Waals surface area contributed by atoms with Gasteiger partial charge >= 0.3 is 22.5 Å². The van der Waals surface area contributed by atoms with Crippen LogP contribution in [0.15, 0.2) is 121 Å². The van der Waals surface area contributed by atoms with E-state index < -0.39 is 56.9 Å². The van der Waals surface area contributed by atoms with Gasteiger partial charge in [-0.2, -0.15) is 8.42 Å². The molecule has 2 fully saturated rings. The van der Waals surface area contributed by atoms with Crippen molar-refractivity contribution in [3.8, 4) is 0 Å². The van der Waals surface area contributed by atoms with E-state index in [1.54, 1.807) is 74.5 Å². The number of benzene rings is 4. The van der Waals surface area contributed by atoms with Crippen molar-refractivity contribution in [1.29, 1.82) is 0 Å². The number of carbonyl (C=O) groups excluding carboxylic acids is 6. The van der Waals surface area contributed by atoms with Crippen molar-refractivity contribution in [2.24, 2.45) is 11.5 Å². The minimum atomic E-state index is -4.67. The third-order valence-corrected chi connectivity index (χ3v) is 8.85. The van der Waals surface area contributed by atoms with Gasteiger partial charge in [0, 0.05) is 12.1 Å². The molecule has 10 N–H and O–H groups in total. The predicted octanol–water partition coefficient (Wildman–Crippen LogP) is 3.90. The minimum Gasteiger partial charge on any atom is -0.328 e. The first-order valence-electron chi connectivity index (χ1n) is 18.5. The van der Waals surface area contributed by atoms with Gasteiger partial charge in [-0.15, -0.1) is 0 Å². The van der Waals surface area contributed by atoms with Crippen molar-refractivity contribution in [3.05, 3.63) is 144 Å². The number of rotatable bonds is 8. The molecule has 0 aliphatic carbocycles. The van der Waals surface area contributed by atoms with Crippen LogP contribution >= 0.6 is 0 Å². The van der Waals surface area contributed by atoms with Crippen LogP contribution < -0.4 is 32.7 Å². The van der Waals surface area contributed by atoms with E-state index >= 15 is 0 Å². The van der Waals surface area contributed by atoms with Crippen molar-refractivity contribution in [2.75, 3.05) is 0 Å². The molecule has 8 amide bonds. The fourth-order valence-electron chi connectivity index (χ4n) is 6.10. The number of hydrogen-bond donors (Lipinski definition) is 8. The summed E-state index contributed by atoms with van der Waals surface area (Å²) in [5.74, 6) is -2.28. The zero-order chi connectivity index (χ0) is 44.2. The van der Waals surface area contributed by atoms with Crippen LogP contribution in [-0.4, -0.2) is 65.3 Å². The number of barbiturate groups is 2. The molecule has 4 aromatic carbocycles. The van der Waals surface area contributed by atoms with Crippen molar-refractivity contribution >= 4 is 46.1 Å². The fourth-order valence-corrected chi connectivity index (χ4v) is 6.10. The summed E-state index contributed by atoms with van der Waals surface area (Å²) in [5, 5.41) is 8.56. The maximum atomic E-state index is 12.0. The van der Waals surface area contributed by atoms with E-state index in [-0.39, 0.29) is 12.1 Å². The van der Waals surface area contributed by atoms with Crippen LogP contribution in [0.2, 0.25) is 0 Å². The lowest BCUT2D eigenvalue weighted by atomic mass is 9.75. The van der Waals surface area contributed by atoms with Crippen LogP contribution in [0.3, 0.4) is 0 Å². The van der Waals surface area contributed by atoms with Gasteiger partial charge in [0.05, 0.1) is 0 Å². The topological polar surface area (TPSA) is 277 Å². The van der Waals surface area contributed by atoms with Crippen LogP contribution in [0.4, 0.5) is 9.59 Å². The second-order valence-corrected chi connectivity index (χ2v) is 14.4. The minimum absolute atomic E-state index is 0.266. The molecular weight excluding hydrogens is 781 g/mol. The Morgan fingerprint density at radius 1 is 0.492 bits per heavy atom. The molecule has 2 aliphatic heterocycles. The molecule has 0 aromatic heterocycles. The molecule has 0 radical (unpaired) electrons. The Hall–Kier alpha value is -6.11. The molecule has 4 aromatic rings. The van der Waals surface area contributed by atoms with E-state index in [1.807, 2.05) is 50.2 Å². The van der Waals surface area contributed by atoms with Crippen LogP contribution in [-0.2, 0) is 53.2 Å². The molecule has 2 saturated heterocycles. The summed E-state index contributed by atoms with van der Waals surface area (Å²) in [6.45, 7) is 7.52. The summed E-state index contributed by atoms with van der Waals surface area (Å²) in [6, 6.07) is 37.0. The Morgan fingerprint density at radius 3 is 0.915 bits per heavy atom. The average molecular weight is 833 g/mol. The zero-order valence-corrected chi connectivity index (χ0v) is 34.1. The van der Waals surface area contributed by atoms with E-state index in [0.29, 0.717) is 24.0 Å². The van der Waals surface area contributed by atoms with Gasteiger partial charge in [-0.25, -0.2) is 9.59 Å². The van der Waals surface area contributed by atoms with Gasteiger partial charge in [-0.1, -0.05) is 135 Å². The normalized spacial score (nSPS) is 16.1. The lowest BCUT2D eigenvalue weighted by Crippen LogP contribution is -2.64. The van der Waals surface area contributed by atoms with E-state index in [1.165, 1.54) is 11.1 Å². The highest BCUT2D eigenvalue weighted by molar-refractivity contribution is 7.79. The zero-order valence-electron chi connectivity index (χ0n) is 33.3. The molecule has 2 heterocycles. The summed E-state index contributed by atoms with van der Waals surface area (Å²) < 4.78 is 31.6. The quantitative estimate of drug-likeness (QED) is 0.0928. The Morgan fingerprint density at radius 2 is 0.712 bits per heavy atom.